The Morgan fingerprint density at radius 2 is 1.80 bits per heavy atom. The van der Waals surface area contributed by atoms with Crippen molar-refractivity contribution in [2.45, 2.75) is 58.2 Å². The van der Waals surface area contributed by atoms with Crippen LogP contribution in [0.5, 0.6) is 0 Å². The summed E-state index contributed by atoms with van der Waals surface area (Å²) in [6.45, 7) is 6.76. The van der Waals surface area contributed by atoms with Crippen LogP contribution in [0.1, 0.15) is 62.3 Å². The van der Waals surface area contributed by atoms with Crippen molar-refractivity contribution in [1.82, 2.24) is 15.2 Å². The Labute approximate surface area is 177 Å². The fourth-order valence-corrected chi connectivity index (χ4v) is 4.21. The summed E-state index contributed by atoms with van der Waals surface area (Å²) in [6.07, 6.45) is 2.91. The van der Waals surface area contributed by atoms with Gasteiger partial charge < -0.3 is 15.2 Å². The average molecular weight is 404 g/mol. The first kappa shape index (κ1) is 20.2. The predicted molar refractivity (Wildman–Crippen MR) is 119 cm³/mol. The number of nitrogens with one attached hydrogen (secondary N) is 2. The van der Waals surface area contributed by atoms with E-state index >= 15 is 0 Å². The van der Waals surface area contributed by atoms with Gasteiger partial charge in [0.1, 0.15) is 6.04 Å². The van der Waals surface area contributed by atoms with Crippen molar-refractivity contribution in [3.8, 4) is 0 Å². The third kappa shape index (κ3) is 3.97. The average Bonchev–Trinajstić information content (AvgIpc) is 3.32. The van der Waals surface area contributed by atoms with Crippen LogP contribution in [-0.2, 0) is 16.1 Å². The lowest BCUT2D eigenvalue weighted by Crippen LogP contribution is -2.45. The minimum absolute atomic E-state index is 0.0365. The Hall–Kier alpha value is -3.08. The van der Waals surface area contributed by atoms with Crippen LogP contribution < -0.4 is 5.32 Å². The van der Waals surface area contributed by atoms with E-state index in [0.29, 0.717) is 25.3 Å². The highest BCUT2D eigenvalue weighted by molar-refractivity contribution is 5.91. The van der Waals surface area contributed by atoms with Gasteiger partial charge in [-0.2, -0.15) is 0 Å². The molecule has 2 N–H and O–H groups in total. The fraction of sp³-hybridized carbons (Fsp3) is 0.360. The number of amides is 2. The molecule has 2 aromatic carbocycles. The van der Waals surface area contributed by atoms with Crippen molar-refractivity contribution in [3.63, 3.8) is 0 Å². The molecule has 0 radical (unpaired) electrons. The monoisotopic (exact) mass is 403 g/mol. The van der Waals surface area contributed by atoms with Crippen LogP contribution in [0.3, 0.4) is 0 Å². The molecule has 3 aromatic rings. The van der Waals surface area contributed by atoms with Crippen LogP contribution in [0.15, 0.2) is 54.7 Å². The van der Waals surface area contributed by atoms with Crippen LogP contribution in [0.25, 0.3) is 10.9 Å². The van der Waals surface area contributed by atoms with E-state index < -0.39 is 6.04 Å². The summed E-state index contributed by atoms with van der Waals surface area (Å²) in [5.74, 6) is 0.432. The predicted octanol–water partition coefficient (Wildman–Crippen LogP) is 4.66. The Kier molecular flexibility index (Phi) is 5.62. The standard InChI is InChI=1S/C25H29N3O2/c1-16(2)18-8-10-19(11-9-18)17(3)27-25(30)23-12-13-24(29)28(23)15-20-14-26-22-7-5-4-6-21(20)22/h4-11,14,16-17,23,26H,12-13,15H2,1-3H3,(H,27,30). The number of fused-ring (bicyclic) bond motifs is 1. The van der Waals surface area contributed by atoms with Crippen LogP contribution in [0.2, 0.25) is 0 Å². The number of para-hydroxylation sites is 1. The molecule has 1 saturated heterocycles. The van der Waals surface area contributed by atoms with Gasteiger partial charge in [-0.05, 0) is 42.0 Å². The molecule has 1 aliphatic rings. The summed E-state index contributed by atoms with van der Waals surface area (Å²) in [6, 6.07) is 15.9. The van der Waals surface area contributed by atoms with Crippen molar-refractivity contribution in [3.05, 3.63) is 71.4 Å². The van der Waals surface area contributed by atoms with Crippen molar-refractivity contribution >= 4 is 22.7 Å². The molecule has 1 fully saturated rings. The molecule has 5 heteroatoms. The third-order valence-corrected chi connectivity index (χ3v) is 6.11. The lowest BCUT2D eigenvalue weighted by atomic mass is 9.99. The number of carbonyl (C=O) groups is 2. The van der Waals surface area contributed by atoms with Crippen molar-refractivity contribution in [2.24, 2.45) is 0 Å². The number of likely N-dealkylation sites (tertiary alicyclic amines) is 1. The minimum atomic E-state index is -0.427. The van der Waals surface area contributed by atoms with Crippen LogP contribution in [0, 0.1) is 0 Å². The van der Waals surface area contributed by atoms with Crippen molar-refractivity contribution in [2.75, 3.05) is 0 Å². The van der Waals surface area contributed by atoms with Crippen LogP contribution >= 0.6 is 0 Å². The normalized spacial score (nSPS) is 17.7. The Morgan fingerprint density at radius 3 is 2.53 bits per heavy atom. The van der Waals surface area contributed by atoms with Gasteiger partial charge in [-0.25, -0.2) is 0 Å². The zero-order chi connectivity index (χ0) is 21.3. The maximum absolute atomic E-state index is 13.0. The van der Waals surface area contributed by atoms with Gasteiger partial charge in [-0.3, -0.25) is 9.59 Å². The molecule has 2 atom stereocenters. The van der Waals surface area contributed by atoms with Crippen LogP contribution in [-0.4, -0.2) is 27.7 Å². The molecular weight excluding hydrogens is 374 g/mol. The molecule has 1 aromatic heterocycles. The highest BCUT2D eigenvalue weighted by Crippen LogP contribution is 2.26. The second kappa shape index (κ2) is 8.34. The van der Waals surface area contributed by atoms with Gasteiger partial charge in [0.05, 0.1) is 6.04 Å². The number of rotatable bonds is 6. The summed E-state index contributed by atoms with van der Waals surface area (Å²) in [5.41, 5.74) is 4.43. The van der Waals surface area contributed by atoms with E-state index in [1.807, 2.05) is 37.4 Å². The quantitative estimate of drug-likeness (QED) is 0.629. The fourth-order valence-electron chi connectivity index (χ4n) is 4.21. The first-order valence-corrected chi connectivity index (χ1v) is 10.7. The number of carbonyl (C=O) groups excluding carboxylic acids is 2. The molecule has 0 bridgehead atoms. The number of nitrogens with zero attached hydrogens (tertiary/aromatic N) is 1. The van der Waals surface area contributed by atoms with Gasteiger partial charge in [0, 0.05) is 30.1 Å². The molecule has 0 aliphatic carbocycles. The zero-order valence-electron chi connectivity index (χ0n) is 17.8. The zero-order valence-corrected chi connectivity index (χ0v) is 17.8. The third-order valence-electron chi connectivity index (χ3n) is 6.11. The van der Waals surface area contributed by atoms with E-state index in [1.165, 1.54) is 5.56 Å². The summed E-state index contributed by atoms with van der Waals surface area (Å²) in [7, 11) is 0. The van der Waals surface area contributed by atoms with Gasteiger partial charge in [-0.1, -0.05) is 56.3 Å². The molecule has 156 valence electrons. The lowest BCUT2D eigenvalue weighted by molar-refractivity contribution is -0.136. The largest absolute Gasteiger partial charge is 0.361 e. The Bertz CT molecular complexity index is 1050. The molecule has 2 unspecified atom stereocenters. The molecule has 5 nitrogen and oxygen atoms in total. The molecular formula is C25H29N3O2. The van der Waals surface area contributed by atoms with Gasteiger partial charge in [0.25, 0.3) is 0 Å². The van der Waals surface area contributed by atoms with E-state index in [-0.39, 0.29) is 17.9 Å². The van der Waals surface area contributed by atoms with E-state index in [4.69, 9.17) is 0 Å². The summed E-state index contributed by atoms with van der Waals surface area (Å²) >= 11 is 0. The van der Waals surface area contributed by atoms with Crippen LogP contribution in [0.4, 0.5) is 0 Å². The first-order valence-electron chi connectivity index (χ1n) is 10.7. The molecule has 0 spiro atoms. The molecule has 4 rings (SSSR count). The summed E-state index contributed by atoms with van der Waals surface area (Å²) in [4.78, 5) is 30.6. The number of hydrogen-bond donors (Lipinski definition) is 2. The van der Waals surface area contributed by atoms with Gasteiger partial charge in [-0.15, -0.1) is 0 Å². The van der Waals surface area contributed by atoms with Gasteiger partial charge in [0.2, 0.25) is 11.8 Å². The molecule has 2 heterocycles. The number of hydrogen-bond acceptors (Lipinski definition) is 2. The maximum atomic E-state index is 13.0. The molecule has 30 heavy (non-hydrogen) atoms. The van der Waals surface area contributed by atoms with E-state index in [0.717, 1.165) is 22.0 Å². The molecule has 2 amide bonds. The SMILES string of the molecule is CC(C)c1ccc(C(C)NC(=O)C2CCC(=O)N2Cc2c[nH]c3ccccc23)cc1. The smallest absolute Gasteiger partial charge is 0.243 e. The van der Waals surface area contributed by atoms with Crippen molar-refractivity contribution < 1.29 is 9.59 Å². The van der Waals surface area contributed by atoms with E-state index in [9.17, 15) is 9.59 Å². The second-order valence-electron chi connectivity index (χ2n) is 8.49. The molecule has 1 aliphatic heterocycles. The lowest BCUT2D eigenvalue weighted by Gasteiger charge is -2.26. The minimum Gasteiger partial charge on any atom is -0.361 e. The van der Waals surface area contributed by atoms with Gasteiger partial charge in [0.15, 0.2) is 0 Å². The Morgan fingerprint density at radius 1 is 1.10 bits per heavy atom. The maximum Gasteiger partial charge on any atom is 0.243 e. The number of aromatic nitrogens is 1. The number of aromatic amines is 1. The highest BCUT2D eigenvalue weighted by Gasteiger charge is 2.36. The highest BCUT2D eigenvalue weighted by atomic mass is 16.2. The first-order chi connectivity index (χ1) is 14.4. The second-order valence-corrected chi connectivity index (χ2v) is 8.49. The topological polar surface area (TPSA) is 65.2 Å². The number of H-pyrrole nitrogens is 1. The molecule has 0 saturated carbocycles. The Balaban J connectivity index is 1.46. The summed E-state index contributed by atoms with van der Waals surface area (Å²) < 4.78 is 0. The van der Waals surface area contributed by atoms with E-state index in [2.05, 4.69) is 48.4 Å². The summed E-state index contributed by atoms with van der Waals surface area (Å²) in [5, 5.41) is 4.21. The number of benzene rings is 2. The van der Waals surface area contributed by atoms with E-state index in [1.54, 1.807) is 4.90 Å². The van der Waals surface area contributed by atoms with Crippen molar-refractivity contribution in [1.29, 1.82) is 0 Å². The van der Waals surface area contributed by atoms with Gasteiger partial charge >= 0.3 is 0 Å².